The van der Waals surface area contributed by atoms with Gasteiger partial charge < -0.3 is 9.79 Å². The van der Waals surface area contributed by atoms with Gasteiger partial charge in [-0.25, -0.2) is 8.78 Å². The molecule has 0 unspecified atom stereocenters. The summed E-state index contributed by atoms with van der Waals surface area (Å²) in [5.41, 5.74) is 0. The van der Waals surface area contributed by atoms with Gasteiger partial charge in [0.25, 0.3) is 0 Å². The maximum absolute atomic E-state index is 11.4. The highest BCUT2D eigenvalue weighted by Gasteiger charge is 2.13. The fourth-order valence-corrected chi connectivity index (χ4v) is 1.05. The second-order valence-electron chi connectivity index (χ2n) is 1.92. The standard InChI is InChI=1S/C4H9F2O3P.ClH/c5-4(6)2-1-3-10(7,8)9;/h4H,1-3H2,(H2,7,8,9);1H. The van der Waals surface area contributed by atoms with Crippen LogP contribution in [0.5, 0.6) is 0 Å². The van der Waals surface area contributed by atoms with Gasteiger partial charge in [0.2, 0.25) is 6.43 Å². The van der Waals surface area contributed by atoms with Crippen LogP contribution in [-0.4, -0.2) is 22.4 Å². The van der Waals surface area contributed by atoms with Crippen molar-refractivity contribution in [3.63, 3.8) is 0 Å². The minimum Gasteiger partial charge on any atom is -0.324 e. The van der Waals surface area contributed by atoms with E-state index in [4.69, 9.17) is 9.79 Å². The molecule has 3 nitrogen and oxygen atoms in total. The Morgan fingerprint density at radius 2 is 1.82 bits per heavy atom. The summed E-state index contributed by atoms with van der Waals surface area (Å²) in [6.07, 6.45) is -3.48. The minimum atomic E-state index is -4.06. The average Bonchev–Trinajstić information content (AvgIpc) is 1.59. The van der Waals surface area contributed by atoms with Gasteiger partial charge in [-0.1, -0.05) is 0 Å². The molecule has 0 aromatic rings. The minimum absolute atomic E-state index is 0. The van der Waals surface area contributed by atoms with Gasteiger partial charge in [-0.05, 0) is 6.42 Å². The normalized spacial score (nSPS) is 11.4. The molecule has 0 atom stereocenters. The van der Waals surface area contributed by atoms with Gasteiger partial charge in [0.15, 0.2) is 0 Å². The monoisotopic (exact) mass is 210 g/mol. The molecule has 0 rings (SSSR count). The van der Waals surface area contributed by atoms with Crippen LogP contribution in [-0.2, 0) is 4.57 Å². The summed E-state index contributed by atoms with van der Waals surface area (Å²) in [5, 5.41) is 0. The topological polar surface area (TPSA) is 57.5 Å². The van der Waals surface area contributed by atoms with E-state index in [2.05, 4.69) is 0 Å². The molecule has 0 aliphatic rings. The molecule has 0 aliphatic carbocycles. The molecular formula is C4H10ClF2O3P. The van der Waals surface area contributed by atoms with Gasteiger partial charge in [0.1, 0.15) is 0 Å². The van der Waals surface area contributed by atoms with Crippen LogP contribution in [0, 0.1) is 0 Å². The summed E-state index contributed by atoms with van der Waals surface area (Å²) in [5.74, 6) is 0. The van der Waals surface area contributed by atoms with Crippen molar-refractivity contribution in [2.45, 2.75) is 19.3 Å². The number of halogens is 3. The second-order valence-corrected chi connectivity index (χ2v) is 3.70. The van der Waals surface area contributed by atoms with Crippen molar-refractivity contribution < 1.29 is 23.1 Å². The van der Waals surface area contributed by atoms with Gasteiger partial charge in [0, 0.05) is 6.42 Å². The Kier molecular flexibility index (Phi) is 7.42. The summed E-state index contributed by atoms with van der Waals surface area (Å²) in [6.45, 7) is 0. The molecule has 0 aliphatic heterocycles. The number of hydrogen-bond acceptors (Lipinski definition) is 1. The van der Waals surface area contributed by atoms with Crippen molar-refractivity contribution in [1.82, 2.24) is 0 Å². The predicted octanol–water partition coefficient (Wildman–Crippen LogP) is 1.63. The van der Waals surface area contributed by atoms with Crippen molar-refractivity contribution in [3.05, 3.63) is 0 Å². The van der Waals surface area contributed by atoms with Gasteiger partial charge in [-0.3, -0.25) is 4.57 Å². The lowest BCUT2D eigenvalue weighted by atomic mass is 10.4. The van der Waals surface area contributed by atoms with Crippen LogP contribution >= 0.6 is 20.0 Å². The highest BCUT2D eigenvalue weighted by Crippen LogP contribution is 2.35. The van der Waals surface area contributed by atoms with E-state index in [1.807, 2.05) is 0 Å². The summed E-state index contributed by atoms with van der Waals surface area (Å²) in [4.78, 5) is 16.4. The molecule has 0 aromatic heterocycles. The number of rotatable bonds is 4. The first kappa shape index (κ1) is 13.9. The van der Waals surface area contributed by atoms with Crippen molar-refractivity contribution in [2.24, 2.45) is 0 Å². The van der Waals surface area contributed by atoms with E-state index in [1.165, 1.54) is 0 Å². The maximum atomic E-state index is 11.4. The van der Waals surface area contributed by atoms with Crippen LogP contribution in [0.1, 0.15) is 12.8 Å². The molecule has 0 saturated heterocycles. The lowest BCUT2D eigenvalue weighted by Crippen LogP contribution is -1.94. The van der Waals surface area contributed by atoms with Crippen LogP contribution in [0.15, 0.2) is 0 Å². The Morgan fingerprint density at radius 1 is 1.36 bits per heavy atom. The highest BCUT2D eigenvalue weighted by molar-refractivity contribution is 7.51. The maximum Gasteiger partial charge on any atom is 0.325 e. The molecule has 0 spiro atoms. The first-order chi connectivity index (χ1) is 4.42. The SMILES string of the molecule is Cl.O=P(O)(O)CCCC(F)F. The van der Waals surface area contributed by atoms with E-state index in [-0.39, 0.29) is 18.8 Å². The van der Waals surface area contributed by atoms with Gasteiger partial charge in [-0.15, -0.1) is 12.4 Å². The zero-order valence-corrected chi connectivity index (χ0v) is 7.32. The smallest absolute Gasteiger partial charge is 0.324 e. The summed E-state index contributed by atoms with van der Waals surface area (Å²) in [6, 6.07) is 0. The molecule has 2 N–H and O–H groups in total. The highest BCUT2D eigenvalue weighted by atomic mass is 35.5. The van der Waals surface area contributed by atoms with Crippen LogP contribution in [0.4, 0.5) is 8.78 Å². The van der Waals surface area contributed by atoms with E-state index in [1.54, 1.807) is 0 Å². The fourth-order valence-electron chi connectivity index (χ4n) is 0.452. The third kappa shape index (κ3) is 13.3. The Balaban J connectivity index is 0. The third-order valence-corrected chi connectivity index (χ3v) is 1.77. The molecule has 0 amide bonds. The average molecular weight is 211 g/mol. The lowest BCUT2D eigenvalue weighted by Gasteiger charge is -2.01. The van der Waals surface area contributed by atoms with Gasteiger partial charge >= 0.3 is 7.60 Å². The Labute approximate surface area is 69.4 Å². The first-order valence-electron chi connectivity index (χ1n) is 2.74. The first-order valence-corrected chi connectivity index (χ1v) is 4.54. The molecule has 0 fully saturated rings. The number of alkyl halides is 2. The van der Waals surface area contributed by atoms with Crippen LogP contribution in [0.2, 0.25) is 0 Å². The van der Waals surface area contributed by atoms with Crippen molar-refractivity contribution in [1.29, 1.82) is 0 Å². The number of hydrogen-bond donors (Lipinski definition) is 2. The zero-order valence-electron chi connectivity index (χ0n) is 5.61. The predicted molar refractivity (Wildman–Crippen MR) is 39.4 cm³/mol. The molecule has 0 bridgehead atoms. The zero-order chi connectivity index (χ0) is 8.20. The summed E-state index contributed by atoms with van der Waals surface area (Å²) < 4.78 is 32.8. The van der Waals surface area contributed by atoms with Crippen molar-refractivity contribution >= 4 is 20.0 Å². The molecule has 0 aromatic carbocycles. The lowest BCUT2D eigenvalue weighted by molar-refractivity contribution is 0.136. The molecular weight excluding hydrogens is 200 g/mol. The molecule has 70 valence electrons. The molecule has 11 heavy (non-hydrogen) atoms. The van der Waals surface area contributed by atoms with Gasteiger partial charge in [0.05, 0.1) is 6.16 Å². The van der Waals surface area contributed by atoms with Crippen LogP contribution in [0.25, 0.3) is 0 Å². The fraction of sp³-hybridized carbons (Fsp3) is 1.00. The van der Waals surface area contributed by atoms with E-state index in [9.17, 15) is 13.3 Å². The molecule has 7 heteroatoms. The Bertz CT molecular complexity index is 137. The molecule has 0 saturated carbocycles. The Morgan fingerprint density at radius 3 is 2.09 bits per heavy atom. The summed E-state index contributed by atoms with van der Waals surface area (Å²) >= 11 is 0. The van der Waals surface area contributed by atoms with Crippen molar-refractivity contribution in [2.75, 3.05) is 6.16 Å². The Hall–Kier alpha value is 0.300. The van der Waals surface area contributed by atoms with Crippen LogP contribution in [0.3, 0.4) is 0 Å². The van der Waals surface area contributed by atoms with E-state index >= 15 is 0 Å². The molecule has 0 radical (unpaired) electrons. The third-order valence-electron chi connectivity index (χ3n) is 0.872. The summed E-state index contributed by atoms with van der Waals surface area (Å²) in [7, 11) is -4.06. The quantitative estimate of drug-likeness (QED) is 0.694. The van der Waals surface area contributed by atoms with Crippen LogP contribution < -0.4 is 0 Å². The van der Waals surface area contributed by atoms with E-state index in [0.29, 0.717) is 0 Å². The second kappa shape index (κ2) is 5.89. The van der Waals surface area contributed by atoms with Crippen molar-refractivity contribution in [3.8, 4) is 0 Å². The van der Waals surface area contributed by atoms with E-state index < -0.39 is 26.6 Å². The largest absolute Gasteiger partial charge is 0.325 e. The van der Waals surface area contributed by atoms with E-state index in [0.717, 1.165) is 0 Å². The molecule has 0 heterocycles. The van der Waals surface area contributed by atoms with Gasteiger partial charge in [-0.2, -0.15) is 0 Å².